The van der Waals surface area contributed by atoms with Crippen LogP contribution in [0.15, 0.2) is 28.7 Å². The Labute approximate surface area is 98.4 Å². The average Bonchev–Trinajstić information content (AvgIpc) is 2.18. The quantitative estimate of drug-likeness (QED) is 0.793. The Kier molecular flexibility index (Phi) is 5.36. The molecule has 0 radical (unpaired) electrons. The van der Waals surface area contributed by atoms with Crippen molar-refractivity contribution in [2.24, 2.45) is 0 Å². The van der Waals surface area contributed by atoms with Crippen LogP contribution in [0.5, 0.6) is 0 Å². The summed E-state index contributed by atoms with van der Waals surface area (Å²) >= 11 is 3.37. The Bertz CT molecular complexity index is 328. The highest BCUT2D eigenvalue weighted by Gasteiger charge is 2.02. The van der Waals surface area contributed by atoms with Crippen molar-refractivity contribution >= 4 is 21.8 Å². The Morgan fingerprint density at radius 3 is 2.87 bits per heavy atom. The van der Waals surface area contributed by atoms with Crippen LogP contribution in [-0.4, -0.2) is 26.0 Å². The highest BCUT2D eigenvalue weighted by atomic mass is 79.9. The molecule has 0 saturated carbocycles. The van der Waals surface area contributed by atoms with Crippen LogP contribution in [0.4, 0.5) is 0 Å². The van der Waals surface area contributed by atoms with E-state index in [1.54, 1.807) is 0 Å². The van der Waals surface area contributed by atoms with E-state index in [9.17, 15) is 4.79 Å². The number of amides is 1. The topological polar surface area (TPSA) is 41.1 Å². The second-order valence-corrected chi connectivity index (χ2v) is 4.18. The zero-order chi connectivity index (χ0) is 11.1. The van der Waals surface area contributed by atoms with E-state index in [0.29, 0.717) is 13.0 Å². The molecule has 4 heteroatoms. The third kappa shape index (κ3) is 4.95. The Hall–Kier alpha value is -0.870. The van der Waals surface area contributed by atoms with Crippen molar-refractivity contribution in [2.45, 2.75) is 6.42 Å². The summed E-state index contributed by atoms with van der Waals surface area (Å²) in [5, 5.41) is 5.81. The van der Waals surface area contributed by atoms with Crippen LogP contribution >= 0.6 is 15.9 Å². The summed E-state index contributed by atoms with van der Waals surface area (Å²) in [6.45, 7) is 1.47. The van der Waals surface area contributed by atoms with E-state index in [4.69, 9.17) is 0 Å². The minimum atomic E-state index is 0.0587. The fourth-order valence-electron chi connectivity index (χ4n) is 1.22. The molecule has 0 bridgehead atoms. The van der Waals surface area contributed by atoms with Crippen LogP contribution < -0.4 is 10.6 Å². The summed E-state index contributed by atoms with van der Waals surface area (Å²) in [4.78, 5) is 11.4. The molecule has 0 aliphatic carbocycles. The van der Waals surface area contributed by atoms with Gasteiger partial charge in [-0.1, -0.05) is 28.1 Å². The highest BCUT2D eigenvalue weighted by molar-refractivity contribution is 9.10. The van der Waals surface area contributed by atoms with Crippen molar-refractivity contribution in [1.82, 2.24) is 10.6 Å². The molecule has 0 unspecified atom stereocenters. The summed E-state index contributed by atoms with van der Waals surface area (Å²) in [5.41, 5.74) is 1.02. The fraction of sp³-hybridized carbons (Fsp3) is 0.364. The summed E-state index contributed by atoms with van der Waals surface area (Å²) in [6.07, 6.45) is 0.434. The monoisotopic (exact) mass is 270 g/mol. The molecule has 2 N–H and O–H groups in total. The first-order valence-corrected chi connectivity index (χ1v) is 5.67. The number of likely N-dealkylation sites (N-methyl/N-ethyl adjacent to an activating group) is 1. The van der Waals surface area contributed by atoms with Crippen molar-refractivity contribution < 1.29 is 4.79 Å². The van der Waals surface area contributed by atoms with Gasteiger partial charge in [0.05, 0.1) is 6.42 Å². The molecule has 0 aliphatic heterocycles. The molecule has 15 heavy (non-hydrogen) atoms. The lowest BCUT2D eigenvalue weighted by atomic mass is 10.1. The summed E-state index contributed by atoms with van der Waals surface area (Å²) in [5.74, 6) is 0.0587. The van der Waals surface area contributed by atoms with Crippen molar-refractivity contribution in [3.8, 4) is 0 Å². The van der Waals surface area contributed by atoms with Gasteiger partial charge in [-0.25, -0.2) is 0 Å². The molecule has 0 aliphatic rings. The molecule has 0 atom stereocenters. The third-order valence-corrected chi connectivity index (χ3v) is 2.44. The molecule has 82 valence electrons. The number of carbonyl (C=O) groups excluding carboxylic acids is 1. The van der Waals surface area contributed by atoms with E-state index < -0.39 is 0 Å². The van der Waals surface area contributed by atoms with E-state index in [0.717, 1.165) is 16.6 Å². The normalized spacial score (nSPS) is 10.0. The van der Waals surface area contributed by atoms with Gasteiger partial charge in [-0.2, -0.15) is 0 Å². The predicted molar refractivity (Wildman–Crippen MR) is 64.8 cm³/mol. The highest BCUT2D eigenvalue weighted by Crippen LogP contribution is 2.11. The molecule has 0 fully saturated rings. The SMILES string of the molecule is CNCCNC(=O)Cc1cccc(Br)c1. The van der Waals surface area contributed by atoms with E-state index in [1.165, 1.54) is 0 Å². The van der Waals surface area contributed by atoms with E-state index in [-0.39, 0.29) is 5.91 Å². The molecular weight excluding hydrogens is 256 g/mol. The Balaban J connectivity index is 2.37. The van der Waals surface area contributed by atoms with Gasteiger partial charge in [0.2, 0.25) is 5.91 Å². The van der Waals surface area contributed by atoms with Crippen LogP contribution in [0.2, 0.25) is 0 Å². The van der Waals surface area contributed by atoms with Crippen LogP contribution in [-0.2, 0) is 11.2 Å². The van der Waals surface area contributed by atoms with Crippen molar-refractivity contribution in [3.05, 3.63) is 34.3 Å². The van der Waals surface area contributed by atoms with Crippen molar-refractivity contribution in [2.75, 3.05) is 20.1 Å². The van der Waals surface area contributed by atoms with Crippen LogP contribution in [0.1, 0.15) is 5.56 Å². The molecule has 1 aromatic carbocycles. The lowest BCUT2D eigenvalue weighted by molar-refractivity contribution is -0.120. The second kappa shape index (κ2) is 6.58. The largest absolute Gasteiger partial charge is 0.355 e. The number of nitrogens with one attached hydrogen (secondary N) is 2. The molecule has 1 rings (SSSR count). The number of halogens is 1. The van der Waals surface area contributed by atoms with Gasteiger partial charge in [-0.05, 0) is 24.7 Å². The van der Waals surface area contributed by atoms with Crippen molar-refractivity contribution in [3.63, 3.8) is 0 Å². The van der Waals surface area contributed by atoms with Gasteiger partial charge in [-0.15, -0.1) is 0 Å². The van der Waals surface area contributed by atoms with Gasteiger partial charge >= 0.3 is 0 Å². The maximum atomic E-state index is 11.4. The van der Waals surface area contributed by atoms with E-state index >= 15 is 0 Å². The molecule has 3 nitrogen and oxygen atoms in total. The molecule has 0 spiro atoms. The molecule has 1 amide bonds. The Morgan fingerprint density at radius 2 is 2.20 bits per heavy atom. The first-order chi connectivity index (χ1) is 7.22. The number of benzene rings is 1. The molecule has 0 heterocycles. The minimum absolute atomic E-state index is 0.0587. The maximum absolute atomic E-state index is 11.4. The lowest BCUT2D eigenvalue weighted by Crippen LogP contribution is -2.31. The smallest absolute Gasteiger partial charge is 0.224 e. The predicted octanol–water partition coefficient (Wildman–Crippen LogP) is 1.33. The van der Waals surface area contributed by atoms with Crippen LogP contribution in [0.3, 0.4) is 0 Å². The van der Waals surface area contributed by atoms with Gasteiger partial charge in [0.1, 0.15) is 0 Å². The van der Waals surface area contributed by atoms with Crippen molar-refractivity contribution in [1.29, 1.82) is 0 Å². The van der Waals surface area contributed by atoms with E-state index in [1.807, 2.05) is 31.3 Å². The first-order valence-electron chi connectivity index (χ1n) is 4.88. The number of hydrogen-bond donors (Lipinski definition) is 2. The van der Waals surface area contributed by atoms with Gasteiger partial charge < -0.3 is 10.6 Å². The summed E-state index contributed by atoms with van der Waals surface area (Å²) < 4.78 is 1.00. The van der Waals surface area contributed by atoms with Gasteiger partial charge in [0.15, 0.2) is 0 Å². The molecule has 0 aromatic heterocycles. The molecule has 1 aromatic rings. The van der Waals surface area contributed by atoms with Gasteiger partial charge in [0.25, 0.3) is 0 Å². The Morgan fingerprint density at radius 1 is 1.40 bits per heavy atom. The second-order valence-electron chi connectivity index (χ2n) is 3.26. The molecular formula is C11H15BrN2O. The zero-order valence-electron chi connectivity index (χ0n) is 8.72. The fourth-order valence-corrected chi connectivity index (χ4v) is 1.67. The minimum Gasteiger partial charge on any atom is -0.355 e. The van der Waals surface area contributed by atoms with Crippen LogP contribution in [0, 0.1) is 0 Å². The zero-order valence-corrected chi connectivity index (χ0v) is 10.3. The standard InChI is InChI=1S/C11H15BrN2O/c1-13-5-6-14-11(15)8-9-3-2-4-10(12)7-9/h2-4,7,13H,5-6,8H2,1H3,(H,14,15). The van der Waals surface area contributed by atoms with Gasteiger partial charge in [-0.3, -0.25) is 4.79 Å². The third-order valence-electron chi connectivity index (χ3n) is 1.95. The average molecular weight is 271 g/mol. The lowest BCUT2D eigenvalue weighted by Gasteiger charge is -2.04. The maximum Gasteiger partial charge on any atom is 0.224 e. The first kappa shape index (κ1) is 12.2. The number of hydrogen-bond acceptors (Lipinski definition) is 2. The van der Waals surface area contributed by atoms with E-state index in [2.05, 4.69) is 26.6 Å². The number of carbonyl (C=O) groups is 1. The molecule has 0 saturated heterocycles. The number of rotatable bonds is 5. The van der Waals surface area contributed by atoms with Crippen LogP contribution in [0.25, 0.3) is 0 Å². The van der Waals surface area contributed by atoms with Gasteiger partial charge in [0, 0.05) is 17.6 Å². The summed E-state index contributed by atoms with van der Waals surface area (Å²) in [6, 6.07) is 7.78. The summed E-state index contributed by atoms with van der Waals surface area (Å²) in [7, 11) is 1.86.